The van der Waals surface area contributed by atoms with Gasteiger partial charge in [0.2, 0.25) is 5.91 Å². The zero-order chi connectivity index (χ0) is 22.4. The van der Waals surface area contributed by atoms with Crippen LogP contribution in [-0.4, -0.2) is 48.4 Å². The predicted molar refractivity (Wildman–Crippen MR) is 124 cm³/mol. The van der Waals surface area contributed by atoms with Crippen LogP contribution in [0, 0.1) is 5.92 Å². The summed E-state index contributed by atoms with van der Waals surface area (Å²) in [7, 11) is 0. The molecule has 5 heterocycles. The fourth-order valence-electron chi connectivity index (χ4n) is 5.52. The highest BCUT2D eigenvalue weighted by Gasteiger charge is 2.36. The van der Waals surface area contributed by atoms with Crippen LogP contribution in [0.25, 0.3) is 5.65 Å². The summed E-state index contributed by atoms with van der Waals surface area (Å²) >= 11 is 0. The molecule has 3 aliphatic rings. The number of piperidine rings is 1. The number of carbonyl (C=O) groups excluding carboxylic acids is 1. The Balaban J connectivity index is 1.29. The van der Waals surface area contributed by atoms with E-state index in [0.717, 1.165) is 87.1 Å². The van der Waals surface area contributed by atoms with Gasteiger partial charge in [0, 0.05) is 57.0 Å². The van der Waals surface area contributed by atoms with Crippen molar-refractivity contribution in [1.82, 2.24) is 29.4 Å². The molecule has 1 N–H and O–H groups in total. The van der Waals surface area contributed by atoms with Crippen LogP contribution in [0.2, 0.25) is 0 Å². The summed E-state index contributed by atoms with van der Waals surface area (Å²) in [6.45, 7) is 3.03. The van der Waals surface area contributed by atoms with E-state index in [-0.39, 0.29) is 23.4 Å². The third-order valence-corrected chi connectivity index (χ3v) is 7.59. The summed E-state index contributed by atoms with van der Waals surface area (Å²) in [5.41, 5.74) is 4.38. The lowest BCUT2D eigenvalue weighted by atomic mass is 9.83. The molecule has 1 saturated carbocycles. The van der Waals surface area contributed by atoms with E-state index in [0.29, 0.717) is 12.2 Å². The number of hydrogen-bond acceptors (Lipinski definition) is 5. The minimum absolute atomic E-state index is 0.00653. The van der Waals surface area contributed by atoms with Crippen molar-refractivity contribution in [2.24, 2.45) is 5.92 Å². The molecule has 3 aromatic rings. The molecule has 172 valence electrons. The first-order valence-corrected chi connectivity index (χ1v) is 12.2. The van der Waals surface area contributed by atoms with Gasteiger partial charge in [-0.2, -0.15) is 0 Å². The normalized spacial score (nSPS) is 21.7. The fraction of sp³-hybridized carbons (Fsp3) is 0.520. The molecule has 3 aromatic heterocycles. The number of likely N-dealkylation sites (tertiary alicyclic amines) is 1. The van der Waals surface area contributed by atoms with E-state index < -0.39 is 0 Å². The van der Waals surface area contributed by atoms with E-state index in [1.165, 1.54) is 0 Å². The number of H-pyrrole nitrogens is 1. The summed E-state index contributed by atoms with van der Waals surface area (Å²) in [4.78, 5) is 39.9. The number of pyridine rings is 1. The molecule has 0 bridgehead atoms. The lowest BCUT2D eigenvalue weighted by molar-refractivity contribution is -0.142. The molecule has 1 atom stereocenters. The minimum atomic E-state index is -0.0233. The zero-order valence-corrected chi connectivity index (χ0v) is 18.9. The lowest BCUT2D eigenvalue weighted by Gasteiger charge is -2.39. The molecule has 1 amide bonds. The number of nitrogens with one attached hydrogen (secondary N) is 1. The Hall–Kier alpha value is -3.00. The van der Waals surface area contributed by atoms with Crippen molar-refractivity contribution in [2.75, 3.05) is 13.1 Å². The summed E-state index contributed by atoms with van der Waals surface area (Å²) in [5, 5.41) is 3.33. The highest BCUT2D eigenvalue weighted by molar-refractivity contribution is 5.80. The van der Waals surface area contributed by atoms with Gasteiger partial charge in [-0.25, -0.2) is 9.50 Å². The SMILES string of the molecule is O=C(C1CCC1)N1CCCCC1c1cc2nc3c(c(=O)n2[nH]1)CN(Cc1cccnc1)CC3. The van der Waals surface area contributed by atoms with Gasteiger partial charge < -0.3 is 4.90 Å². The summed E-state index contributed by atoms with van der Waals surface area (Å²) in [6, 6.07) is 6.00. The van der Waals surface area contributed by atoms with E-state index in [1.54, 1.807) is 10.7 Å². The Morgan fingerprint density at radius 1 is 1.15 bits per heavy atom. The number of amides is 1. The average Bonchev–Trinajstić information content (AvgIpc) is 3.23. The summed E-state index contributed by atoms with van der Waals surface area (Å²) < 4.78 is 1.59. The Bertz CT molecular complexity index is 1230. The van der Waals surface area contributed by atoms with Gasteiger partial charge in [-0.1, -0.05) is 12.5 Å². The Kier molecular flexibility index (Phi) is 5.25. The second-order valence-electron chi connectivity index (χ2n) is 9.74. The summed E-state index contributed by atoms with van der Waals surface area (Å²) in [5.74, 6) is 0.476. The molecule has 2 fully saturated rings. The molecule has 1 aliphatic carbocycles. The van der Waals surface area contributed by atoms with Gasteiger partial charge >= 0.3 is 0 Å². The monoisotopic (exact) mass is 446 g/mol. The number of nitrogens with zero attached hydrogens (tertiary/aromatic N) is 5. The topological polar surface area (TPSA) is 86.6 Å². The number of rotatable bonds is 4. The quantitative estimate of drug-likeness (QED) is 0.666. The Morgan fingerprint density at radius 2 is 2.06 bits per heavy atom. The van der Waals surface area contributed by atoms with Crippen molar-refractivity contribution in [3.8, 4) is 0 Å². The van der Waals surface area contributed by atoms with Crippen molar-refractivity contribution in [2.45, 2.75) is 64.1 Å². The highest BCUT2D eigenvalue weighted by atomic mass is 16.2. The molecule has 0 aromatic carbocycles. The van der Waals surface area contributed by atoms with Crippen molar-refractivity contribution in [3.05, 3.63) is 63.5 Å². The van der Waals surface area contributed by atoms with Crippen LogP contribution in [0.1, 0.15) is 67.1 Å². The molecule has 0 spiro atoms. The minimum Gasteiger partial charge on any atom is -0.334 e. The predicted octanol–water partition coefficient (Wildman–Crippen LogP) is 2.83. The molecule has 6 rings (SSSR count). The highest BCUT2D eigenvalue weighted by Crippen LogP contribution is 2.36. The molecular formula is C25H30N6O2. The van der Waals surface area contributed by atoms with E-state index in [1.807, 2.05) is 18.3 Å². The van der Waals surface area contributed by atoms with Crippen LogP contribution >= 0.6 is 0 Å². The number of fused-ring (bicyclic) bond motifs is 2. The van der Waals surface area contributed by atoms with Gasteiger partial charge in [-0.15, -0.1) is 0 Å². The Morgan fingerprint density at radius 3 is 2.85 bits per heavy atom. The first-order valence-electron chi connectivity index (χ1n) is 12.2. The number of aromatic amines is 1. The number of aromatic nitrogens is 4. The largest absolute Gasteiger partial charge is 0.334 e. The zero-order valence-electron chi connectivity index (χ0n) is 18.9. The van der Waals surface area contributed by atoms with Gasteiger partial charge in [-0.3, -0.25) is 24.6 Å². The molecule has 33 heavy (non-hydrogen) atoms. The summed E-state index contributed by atoms with van der Waals surface area (Å²) in [6.07, 6.45) is 10.7. The van der Waals surface area contributed by atoms with E-state index >= 15 is 0 Å². The average molecular weight is 447 g/mol. The lowest BCUT2D eigenvalue weighted by Crippen LogP contribution is -2.43. The van der Waals surface area contributed by atoms with Gasteiger partial charge in [-0.05, 0) is 43.7 Å². The van der Waals surface area contributed by atoms with Crippen LogP contribution in [-0.2, 0) is 24.3 Å². The van der Waals surface area contributed by atoms with Crippen LogP contribution in [0.3, 0.4) is 0 Å². The number of hydrogen-bond donors (Lipinski definition) is 1. The van der Waals surface area contributed by atoms with Crippen molar-refractivity contribution < 1.29 is 4.79 Å². The van der Waals surface area contributed by atoms with Crippen LogP contribution in [0.15, 0.2) is 35.4 Å². The smallest absolute Gasteiger partial charge is 0.277 e. The first-order chi connectivity index (χ1) is 16.2. The molecule has 8 heteroatoms. The molecular weight excluding hydrogens is 416 g/mol. The van der Waals surface area contributed by atoms with Crippen molar-refractivity contribution in [1.29, 1.82) is 0 Å². The molecule has 0 radical (unpaired) electrons. The first kappa shape index (κ1) is 20.6. The van der Waals surface area contributed by atoms with Gasteiger partial charge in [0.05, 0.1) is 23.0 Å². The standard InChI is InChI=1S/C25H30N6O2/c32-24(18-6-3-7-18)30-11-2-1-8-22(30)21-13-23-27-20-9-12-29(15-17-5-4-10-26-14-17)16-19(20)25(33)31(23)28-21/h4-5,10,13-14,18,22,28H,1-3,6-9,11-12,15-16H2. The third-order valence-electron chi connectivity index (χ3n) is 7.59. The Labute approximate surface area is 192 Å². The van der Waals surface area contributed by atoms with Crippen LogP contribution in [0.4, 0.5) is 0 Å². The maximum absolute atomic E-state index is 13.4. The van der Waals surface area contributed by atoms with Crippen LogP contribution < -0.4 is 5.56 Å². The second-order valence-corrected chi connectivity index (χ2v) is 9.74. The molecule has 2 aliphatic heterocycles. The molecule has 8 nitrogen and oxygen atoms in total. The van der Waals surface area contributed by atoms with Crippen molar-refractivity contribution >= 4 is 11.6 Å². The second kappa shape index (κ2) is 8.41. The molecule has 1 unspecified atom stereocenters. The maximum atomic E-state index is 13.4. The van der Waals surface area contributed by atoms with Gasteiger partial charge in [0.25, 0.3) is 5.56 Å². The number of carbonyl (C=O) groups is 1. The van der Waals surface area contributed by atoms with Gasteiger partial charge in [0.1, 0.15) is 0 Å². The third kappa shape index (κ3) is 3.76. The van der Waals surface area contributed by atoms with E-state index in [4.69, 9.17) is 4.98 Å². The van der Waals surface area contributed by atoms with E-state index in [9.17, 15) is 9.59 Å². The van der Waals surface area contributed by atoms with Crippen LogP contribution in [0.5, 0.6) is 0 Å². The molecule has 1 saturated heterocycles. The van der Waals surface area contributed by atoms with E-state index in [2.05, 4.69) is 25.9 Å². The van der Waals surface area contributed by atoms with Gasteiger partial charge in [0.15, 0.2) is 5.65 Å². The van der Waals surface area contributed by atoms with Crippen molar-refractivity contribution in [3.63, 3.8) is 0 Å². The fourth-order valence-corrected chi connectivity index (χ4v) is 5.52. The maximum Gasteiger partial charge on any atom is 0.277 e.